The minimum absolute atomic E-state index is 0.0122. The molecule has 28 heavy (non-hydrogen) atoms. The molecule has 3 rings (SSSR count). The van der Waals surface area contributed by atoms with Crippen molar-refractivity contribution in [3.63, 3.8) is 0 Å². The van der Waals surface area contributed by atoms with Crippen molar-refractivity contribution in [2.45, 2.75) is 6.92 Å². The third-order valence-electron chi connectivity index (χ3n) is 4.12. The fraction of sp³-hybridized carbons (Fsp3) is 0.0952. The van der Waals surface area contributed by atoms with E-state index in [2.05, 4.69) is 10.3 Å². The molecule has 0 aliphatic carbocycles. The Kier molecular flexibility index (Phi) is 5.61. The van der Waals surface area contributed by atoms with Gasteiger partial charge in [-0.25, -0.2) is 0 Å². The lowest BCUT2D eigenvalue weighted by atomic mass is 10.1. The molecule has 2 aromatic carbocycles. The van der Waals surface area contributed by atoms with E-state index in [0.29, 0.717) is 10.7 Å². The molecule has 0 bridgehead atoms. The number of nitrogens with one attached hydrogen (secondary N) is 2. The lowest BCUT2D eigenvalue weighted by Gasteiger charge is -2.05. The maximum Gasteiger partial charge on any atom is 0.291 e. The number of aromatic amines is 1. The van der Waals surface area contributed by atoms with Crippen LogP contribution >= 0.6 is 11.6 Å². The van der Waals surface area contributed by atoms with Gasteiger partial charge in [-0.1, -0.05) is 29.8 Å². The number of methoxy groups -OCH3 is 1. The minimum atomic E-state index is -0.598. The molecule has 142 valence electrons. The van der Waals surface area contributed by atoms with Crippen LogP contribution in [0.2, 0.25) is 5.02 Å². The molecule has 2 N–H and O–H groups in total. The van der Waals surface area contributed by atoms with Crippen molar-refractivity contribution in [3.05, 3.63) is 85.3 Å². The number of anilines is 1. The Hall–Kier alpha value is -3.38. The van der Waals surface area contributed by atoms with E-state index < -0.39 is 16.9 Å². The molecule has 7 heteroatoms. The van der Waals surface area contributed by atoms with Crippen LogP contribution in [0.1, 0.15) is 12.5 Å². The summed E-state index contributed by atoms with van der Waals surface area (Å²) in [5, 5.41) is 3.37. The quantitative estimate of drug-likeness (QED) is 0.659. The van der Waals surface area contributed by atoms with Crippen molar-refractivity contribution in [2.75, 3.05) is 12.4 Å². The van der Waals surface area contributed by atoms with Crippen LogP contribution in [0.3, 0.4) is 0 Å². The molecule has 6 nitrogen and oxygen atoms in total. The van der Waals surface area contributed by atoms with Crippen LogP contribution < -0.4 is 21.0 Å². The van der Waals surface area contributed by atoms with Gasteiger partial charge in [-0.05, 0) is 43.3 Å². The summed E-state index contributed by atoms with van der Waals surface area (Å²) in [4.78, 5) is 40.6. The fourth-order valence-corrected chi connectivity index (χ4v) is 2.91. The average molecular weight is 397 g/mol. The molecule has 0 aliphatic heterocycles. The Morgan fingerprint density at radius 3 is 2.54 bits per heavy atom. The topological polar surface area (TPSA) is 88.3 Å². The SMILES string of the molecule is COc1c(/C=C(\C)C(=O)Nc2ccccc2)c(=O)c2ccc(Cl)cc2[nH]c1=O. The first kappa shape index (κ1) is 19.4. The smallest absolute Gasteiger partial charge is 0.291 e. The highest BCUT2D eigenvalue weighted by atomic mass is 35.5. The van der Waals surface area contributed by atoms with Gasteiger partial charge in [0, 0.05) is 21.7 Å². The third-order valence-corrected chi connectivity index (χ3v) is 4.36. The minimum Gasteiger partial charge on any atom is -0.491 e. The lowest BCUT2D eigenvalue weighted by Crippen LogP contribution is -2.14. The third kappa shape index (κ3) is 3.97. The number of benzene rings is 2. The molecular weight excluding hydrogens is 380 g/mol. The average Bonchev–Trinajstić information content (AvgIpc) is 2.76. The van der Waals surface area contributed by atoms with Crippen molar-refractivity contribution in [3.8, 4) is 5.75 Å². The second-order valence-electron chi connectivity index (χ2n) is 6.07. The number of carbonyl (C=O) groups excluding carboxylic acids is 1. The van der Waals surface area contributed by atoms with Crippen molar-refractivity contribution in [2.24, 2.45) is 0 Å². The molecule has 0 atom stereocenters. The summed E-state index contributed by atoms with van der Waals surface area (Å²) >= 11 is 5.96. The highest BCUT2D eigenvalue weighted by Crippen LogP contribution is 2.19. The van der Waals surface area contributed by atoms with E-state index in [-0.39, 0.29) is 27.8 Å². The van der Waals surface area contributed by atoms with Gasteiger partial charge in [-0.3, -0.25) is 14.4 Å². The second kappa shape index (κ2) is 8.10. The maximum atomic E-state index is 13.0. The van der Waals surface area contributed by atoms with E-state index in [1.54, 1.807) is 37.3 Å². The first-order valence-electron chi connectivity index (χ1n) is 8.39. The van der Waals surface area contributed by atoms with Crippen LogP contribution in [0.25, 0.3) is 17.0 Å². The number of ether oxygens (including phenoxy) is 1. The molecule has 0 spiro atoms. The Bertz CT molecular complexity index is 1200. The Labute approximate surface area is 165 Å². The first-order valence-corrected chi connectivity index (χ1v) is 8.77. The highest BCUT2D eigenvalue weighted by molar-refractivity contribution is 6.31. The zero-order valence-corrected chi connectivity index (χ0v) is 16.0. The Balaban J connectivity index is 2.16. The van der Waals surface area contributed by atoms with Crippen LogP contribution in [-0.2, 0) is 4.79 Å². The largest absolute Gasteiger partial charge is 0.491 e. The van der Waals surface area contributed by atoms with Crippen molar-refractivity contribution >= 4 is 40.2 Å². The van der Waals surface area contributed by atoms with E-state index in [1.165, 1.54) is 25.3 Å². The first-order chi connectivity index (χ1) is 13.4. The van der Waals surface area contributed by atoms with Gasteiger partial charge in [0.1, 0.15) is 0 Å². The zero-order chi connectivity index (χ0) is 20.3. The van der Waals surface area contributed by atoms with Crippen molar-refractivity contribution in [1.29, 1.82) is 0 Å². The maximum absolute atomic E-state index is 13.0. The number of amides is 1. The second-order valence-corrected chi connectivity index (χ2v) is 6.50. The molecule has 1 aromatic heterocycles. The number of carbonyl (C=O) groups is 1. The van der Waals surface area contributed by atoms with Crippen LogP contribution in [0.4, 0.5) is 5.69 Å². The fourth-order valence-electron chi connectivity index (χ4n) is 2.73. The van der Waals surface area contributed by atoms with E-state index in [9.17, 15) is 14.4 Å². The number of hydrogen-bond acceptors (Lipinski definition) is 4. The predicted molar refractivity (Wildman–Crippen MR) is 111 cm³/mol. The van der Waals surface area contributed by atoms with Gasteiger partial charge >= 0.3 is 0 Å². The Morgan fingerprint density at radius 2 is 1.86 bits per heavy atom. The van der Waals surface area contributed by atoms with Gasteiger partial charge in [0.05, 0.1) is 18.2 Å². The summed E-state index contributed by atoms with van der Waals surface area (Å²) in [6.07, 6.45) is 1.35. The van der Waals surface area contributed by atoms with E-state index >= 15 is 0 Å². The van der Waals surface area contributed by atoms with Gasteiger partial charge in [-0.15, -0.1) is 0 Å². The molecule has 3 aromatic rings. The van der Waals surface area contributed by atoms with Crippen LogP contribution in [0.15, 0.2) is 63.7 Å². The van der Waals surface area contributed by atoms with Crippen LogP contribution in [0, 0.1) is 0 Å². The van der Waals surface area contributed by atoms with Crippen LogP contribution in [-0.4, -0.2) is 18.0 Å². The molecule has 0 fully saturated rings. The number of fused-ring (bicyclic) bond motifs is 1. The number of para-hydroxylation sites is 1. The zero-order valence-electron chi connectivity index (χ0n) is 15.2. The summed E-state index contributed by atoms with van der Waals surface area (Å²) in [6, 6.07) is 13.5. The molecule has 1 amide bonds. The predicted octanol–water partition coefficient (Wildman–Crippen LogP) is 3.59. The number of aromatic nitrogens is 1. The standard InChI is InChI=1S/C21H17ClN2O4/c1-12(20(26)23-14-6-4-3-5-7-14)10-16-18(25)15-9-8-13(22)11-17(15)24-21(27)19(16)28-2/h3-11H,1-2H3,(H,23,26)(H,24,27)/b12-10+. The van der Waals surface area contributed by atoms with Gasteiger partial charge in [0.25, 0.3) is 11.5 Å². The van der Waals surface area contributed by atoms with Crippen molar-refractivity contribution < 1.29 is 9.53 Å². The number of H-pyrrole nitrogens is 1. The summed E-state index contributed by atoms with van der Waals surface area (Å²) in [5.74, 6) is -0.577. The molecular formula is C21H17ClN2O4. The molecule has 0 radical (unpaired) electrons. The summed E-state index contributed by atoms with van der Waals surface area (Å²) in [5.41, 5.74) is 0.0832. The van der Waals surface area contributed by atoms with Crippen molar-refractivity contribution in [1.82, 2.24) is 4.98 Å². The van der Waals surface area contributed by atoms with Gasteiger partial charge in [-0.2, -0.15) is 0 Å². The summed E-state index contributed by atoms with van der Waals surface area (Å²) < 4.78 is 5.16. The van der Waals surface area contributed by atoms with E-state index in [1.807, 2.05) is 6.07 Å². The van der Waals surface area contributed by atoms with Gasteiger partial charge < -0.3 is 15.0 Å². The van der Waals surface area contributed by atoms with E-state index in [4.69, 9.17) is 16.3 Å². The molecule has 0 unspecified atom stereocenters. The molecule has 0 saturated carbocycles. The lowest BCUT2D eigenvalue weighted by molar-refractivity contribution is -0.112. The number of rotatable bonds is 4. The molecule has 1 heterocycles. The summed E-state index contributed by atoms with van der Waals surface area (Å²) in [6.45, 7) is 1.55. The normalized spacial score (nSPS) is 11.3. The van der Waals surface area contributed by atoms with Gasteiger partial charge in [0.2, 0.25) is 0 Å². The Morgan fingerprint density at radius 1 is 1.14 bits per heavy atom. The monoisotopic (exact) mass is 396 g/mol. The van der Waals surface area contributed by atoms with Crippen LogP contribution in [0.5, 0.6) is 5.75 Å². The molecule has 0 aliphatic rings. The highest BCUT2D eigenvalue weighted by Gasteiger charge is 2.15. The molecule has 0 saturated heterocycles. The summed E-state index contributed by atoms with van der Waals surface area (Å²) in [7, 11) is 1.29. The number of halogens is 1. The number of hydrogen-bond donors (Lipinski definition) is 2. The van der Waals surface area contributed by atoms with Gasteiger partial charge in [0.15, 0.2) is 11.2 Å². The van der Waals surface area contributed by atoms with E-state index in [0.717, 1.165) is 0 Å².